The zero-order chi connectivity index (χ0) is 25.2. The predicted octanol–water partition coefficient (Wildman–Crippen LogP) is 4.22. The minimum absolute atomic E-state index is 0.240. The Morgan fingerprint density at radius 1 is 1.11 bits per heavy atom. The number of para-hydroxylation sites is 2. The zero-order valence-corrected chi connectivity index (χ0v) is 19.6. The number of hydrogen-bond donors (Lipinski definition) is 1. The summed E-state index contributed by atoms with van der Waals surface area (Å²) >= 11 is 0. The number of carboxylic acid groups (broad SMARTS) is 1. The maximum atomic E-state index is 13.5. The summed E-state index contributed by atoms with van der Waals surface area (Å²) in [6.45, 7) is -0.514. The van der Waals surface area contributed by atoms with E-state index in [9.17, 15) is 9.59 Å². The van der Waals surface area contributed by atoms with E-state index < -0.39 is 12.6 Å². The fourth-order valence-electron chi connectivity index (χ4n) is 3.77. The van der Waals surface area contributed by atoms with Crippen LogP contribution in [0.5, 0.6) is 5.75 Å². The van der Waals surface area contributed by atoms with Crippen molar-refractivity contribution in [1.82, 2.24) is 9.66 Å². The fourth-order valence-corrected chi connectivity index (χ4v) is 3.77. The highest BCUT2D eigenvalue weighted by atomic mass is 16.5. The quantitative estimate of drug-likeness (QED) is 0.346. The molecule has 5 rings (SSSR count). The van der Waals surface area contributed by atoms with E-state index in [4.69, 9.17) is 14.3 Å². The molecule has 0 unspecified atom stereocenters. The minimum Gasteiger partial charge on any atom is -0.481 e. The molecular weight excluding hydrogens is 460 g/mol. The van der Waals surface area contributed by atoms with Crippen LogP contribution in [0.2, 0.25) is 0 Å². The van der Waals surface area contributed by atoms with Gasteiger partial charge in [0.05, 0.1) is 17.1 Å². The molecule has 0 aliphatic rings. The maximum absolute atomic E-state index is 13.5. The molecule has 180 valence electrons. The van der Waals surface area contributed by atoms with Crippen LogP contribution in [0, 0.1) is 0 Å². The molecule has 5 aromatic rings. The lowest BCUT2D eigenvalue weighted by atomic mass is 10.2. The Balaban J connectivity index is 1.66. The first-order valence-corrected chi connectivity index (χ1v) is 11.1. The van der Waals surface area contributed by atoms with E-state index in [1.54, 1.807) is 30.3 Å². The second-order valence-corrected chi connectivity index (χ2v) is 8.26. The summed E-state index contributed by atoms with van der Waals surface area (Å²) in [5.74, 6) is -0.153. The maximum Gasteiger partial charge on any atom is 0.341 e. The standard InChI is InChI=1S/C27H22N4O5/c1-30(2)19-12-11-18(23(14-19)35-16-25(32)33)15-28-31-26(24-13-17-7-3-6-10-22(17)36-24)29-21-9-5-4-8-20(21)27(31)34/h3-15H,16H2,1-2H3,(H,32,33). The monoisotopic (exact) mass is 482 g/mol. The molecule has 0 saturated heterocycles. The third kappa shape index (κ3) is 4.41. The van der Waals surface area contributed by atoms with E-state index in [1.807, 2.05) is 61.5 Å². The number of carboxylic acids is 1. The zero-order valence-electron chi connectivity index (χ0n) is 19.6. The molecule has 9 nitrogen and oxygen atoms in total. The van der Waals surface area contributed by atoms with E-state index in [-0.39, 0.29) is 11.4 Å². The minimum atomic E-state index is -1.10. The molecule has 0 aliphatic heterocycles. The van der Waals surface area contributed by atoms with Gasteiger partial charge in [-0.25, -0.2) is 9.78 Å². The van der Waals surface area contributed by atoms with Gasteiger partial charge in [0.2, 0.25) is 5.82 Å². The van der Waals surface area contributed by atoms with E-state index >= 15 is 0 Å². The van der Waals surface area contributed by atoms with Crippen molar-refractivity contribution in [2.24, 2.45) is 5.10 Å². The number of hydrogen-bond acceptors (Lipinski definition) is 7. The molecule has 0 bridgehead atoms. The Morgan fingerprint density at radius 3 is 2.67 bits per heavy atom. The summed E-state index contributed by atoms with van der Waals surface area (Å²) in [5, 5.41) is 14.8. The summed E-state index contributed by atoms with van der Waals surface area (Å²) in [6.07, 6.45) is 1.45. The van der Waals surface area contributed by atoms with E-state index in [0.29, 0.717) is 33.6 Å². The van der Waals surface area contributed by atoms with Crippen molar-refractivity contribution in [3.8, 4) is 17.3 Å². The van der Waals surface area contributed by atoms with Gasteiger partial charge in [0, 0.05) is 36.8 Å². The number of nitrogens with zero attached hydrogens (tertiary/aromatic N) is 4. The van der Waals surface area contributed by atoms with Crippen LogP contribution >= 0.6 is 0 Å². The summed E-state index contributed by atoms with van der Waals surface area (Å²) in [4.78, 5) is 31.1. The van der Waals surface area contributed by atoms with Crippen molar-refractivity contribution in [2.45, 2.75) is 0 Å². The van der Waals surface area contributed by atoms with Gasteiger partial charge in [-0.1, -0.05) is 30.3 Å². The van der Waals surface area contributed by atoms with E-state index in [1.165, 1.54) is 10.9 Å². The molecular formula is C27H22N4O5. The van der Waals surface area contributed by atoms with Crippen LogP contribution in [-0.4, -0.2) is 47.7 Å². The first-order chi connectivity index (χ1) is 17.4. The Hall–Kier alpha value is -4.92. The fraction of sp³-hybridized carbons (Fsp3) is 0.111. The molecule has 0 amide bonds. The SMILES string of the molecule is CN(C)c1ccc(C=Nn2c(-c3cc4ccccc4o3)nc3ccccc3c2=O)c(OCC(=O)O)c1. The van der Waals surface area contributed by atoms with Gasteiger partial charge >= 0.3 is 5.97 Å². The van der Waals surface area contributed by atoms with Crippen LogP contribution in [0.1, 0.15) is 5.56 Å². The Kier molecular flexibility index (Phi) is 5.95. The molecule has 0 fully saturated rings. The molecule has 0 saturated carbocycles. The van der Waals surface area contributed by atoms with Crippen molar-refractivity contribution in [3.05, 3.63) is 88.7 Å². The van der Waals surface area contributed by atoms with Crippen LogP contribution in [-0.2, 0) is 4.79 Å². The van der Waals surface area contributed by atoms with Gasteiger partial charge in [-0.3, -0.25) is 4.79 Å². The molecule has 0 spiro atoms. The van der Waals surface area contributed by atoms with Gasteiger partial charge < -0.3 is 19.2 Å². The second kappa shape index (κ2) is 9.38. The summed E-state index contributed by atoms with van der Waals surface area (Å²) in [7, 11) is 3.73. The van der Waals surface area contributed by atoms with Gasteiger partial charge in [-0.05, 0) is 36.4 Å². The third-order valence-electron chi connectivity index (χ3n) is 5.58. The highest BCUT2D eigenvalue weighted by molar-refractivity contribution is 5.86. The Morgan fingerprint density at radius 2 is 1.89 bits per heavy atom. The van der Waals surface area contributed by atoms with Gasteiger partial charge in [-0.2, -0.15) is 9.78 Å². The van der Waals surface area contributed by atoms with Crippen molar-refractivity contribution in [2.75, 3.05) is 25.6 Å². The summed E-state index contributed by atoms with van der Waals surface area (Å²) in [6, 6.07) is 21.6. The molecule has 9 heteroatoms. The molecule has 0 radical (unpaired) electrons. The highest BCUT2D eigenvalue weighted by Crippen LogP contribution is 2.28. The number of rotatable bonds is 7. The molecule has 0 aliphatic carbocycles. The van der Waals surface area contributed by atoms with Gasteiger partial charge in [-0.15, -0.1) is 0 Å². The van der Waals surface area contributed by atoms with E-state index in [0.717, 1.165) is 11.1 Å². The van der Waals surface area contributed by atoms with Crippen LogP contribution in [0.3, 0.4) is 0 Å². The largest absolute Gasteiger partial charge is 0.481 e. The summed E-state index contributed by atoms with van der Waals surface area (Å²) in [5.41, 5.74) is 2.13. The van der Waals surface area contributed by atoms with Crippen molar-refractivity contribution >= 4 is 39.7 Å². The lowest BCUT2D eigenvalue weighted by molar-refractivity contribution is -0.139. The van der Waals surface area contributed by atoms with Crippen molar-refractivity contribution < 1.29 is 19.1 Å². The molecule has 2 aromatic heterocycles. The predicted molar refractivity (Wildman–Crippen MR) is 138 cm³/mol. The average molecular weight is 482 g/mol. The van der Waals surface area contributed by atoms with Gasteiger partial charge in [0.25, 0.3) is 5.56 Å². The molecule has 2 heterocycles. The molecule has 1 N–H and O–H groups in total. The first-order valence-electron chi connectivity index (χ1n) is 11.1. The van der Waals surface area contributed by atoms with Crippen molar-refractivity contribution in [3.63, 3.8) is 0 Å². The second-order valence-electron chi connectivity index (χ2n) is 8.26. The normalized spacial score (nSPS) is 11.4. The Bertz CT molecular complexity index is 1650. The van der Waals surface area contributed by atoms with Gasteiger partial charge in [0.1, 0.15) is 11.3 Å². The lowest BCUT2D eigenvalue weighted by Gasteiger charge is -2.15. The Labute approximate surface area is 205 Å². The number of benzene rings is 3. The van der Waals surface area contributed by atoms with Crippen LogP contribution in [0.4, 0.5) is 5.69 Å². The number of carbonyl (C=O) groups is 1. The average Bonchev–Trinajstić information content (AvgIpc) is 3.31. The number of fused-ring (bicyclic) bond motifs is 2. The van der Waals surface area contributed by atoms with Gasteiger partial charge in [0.15, 0.2) is 12.4 Å². The first kappa shape index (κ1) is 22.9. The van der Waals surface area contributed by atoms with E-state index in [2.05, 4.69) is 10.1 Å². The topological polar surface area (TPSA) is 110 Å². The van der Waals surface area contributed by atoms with Crippen LogP contribution in [0.15, 0.2) is 87.1 Å². The van der Waals surface area contributed by atoms with Crippen LogP contribution in [0.25, 0.3) is 33.5 Å². The van der Waals surface area contributed by atoms with Crippen molar-refractivity contribution in [1.29, 1.82) is 0 Å². The number of furan rings is 1. The number of aromatic nitrogens is 2. The molecule has 36 heavy (non-hydrogen) atoms. The summed E-state index contributed by atoms with van der Waals surface area (Å²) < 4.78 is 12.7. The lowest BCUT2D eigenvalue weighted by Crippen LogP contribution is -2.20. The highest BCUT2D eigenvalue weighted by Gasteiger charge is 2.17. The number of aliphatic carboxylic acids is 1. The molecule has 3 aromatic carbocycles. The smallest absolute Gasteiger partial charge is 0.341 e. The number of anilines is 1. The van der Waals surface area contributed by atoms with Crippen LogP contribution < -0.4 is 15.2 Å². The third-order valence-corrected chi connectivity index (χ3v) is 5.58. The number of ether oxygens (including phenoxy) is 1. The molecule has 0 atom stereocenters.